The second-order valence-electron chi connectivity index (χ2n) is 7.08. The minimum Gasteiger partial charge on any atom is -0.333 e. The van der Waals surface area contributed by atoms with E-state index in [4.69, 9.17) is 16.9 Å². The van der Waals surface area contributed by atoms with E-state index < -0.39 is 0 Å². The lowest BCUT2D eigenvalue weighted by molar-refractivity contribution is -0.121. The van der Waals surface area contributed by atoms with Gasteiger partial charge in [-0.2, -0.15) is 5.26 Å². The predicted octanol–water partition coefficient (Wildman–Crippen LogP) is 3.73. The number of benzene rings is 2. The summed E-state index contributed by atoms with van der Waals surface area (Å²) in [4.78, 5) is 21.0. The first-order chi connectivity index (χ1) is 14.1. The Labute approximate surface area is 186 Å². The molecule has 1 fully saturated rings. The Bertz CT molecular complexity index is 1060. The average Bonchev–Trinajstić information content (AvgIpc) is 3.15. The number of nitrogens with zero attached hydrogens (tertiary/aromatic N) is 5. The van der Waals surface area contributed by atoms with Crippen LogP contribution in [0.1, 0.15) is 16.8 Å². The Morgan fingerprint density at radius 3 is 2.60 bits per heavy atom. The lowest BCUT2D eigenvalue weighted by Gasteiger charge is -2.34. The van der Waals surface area contributed by atoms with Crippen LogP contribution in [0.4, 0.5) is 5.69 Å². The molecule has 0 saturated carbocycles. The number of aromatic nitrogens is 2. The molecule has 8 heteroatoms. The van der Waals surface area contributed by atoms with E-state index in [0.29, 0.717) is 36.8 Å². The summed E-state index contributed by atoms with van der Waals surface area (Å²) in [6.45, 7) is 3.09. The first-order valence-corrected chi connectivity index (χ1v) is 9.76. The molecular formula is C22H21Cl2N5O. The zero-order valence-corrected chi connectivity index (χ0v) is 17.8. The minimum atomic E-state index is 0. The van der Waals surface area contributed by atoms with Gasteiger partial charge in [-0.1, -0.05) is 29.8 Å². The topological polar surface area (TPSA) is 65.2 Å². The standard InChI is InChI=1S/C22H20ClN5O.ClH/c23-19-2-1-3-21(10-19)28-9-8-26(15-22(28)29)13-20-14-27(16-25-20)12-18-6-4-17(11-24)5-7-18;/h1-7,10,14,16H,8-9,12-13,15H2;1H. The maximum atomic E-state index is 12.6. The zero-order chi connectivity index (χ0) is 20.2. The van der Waals surface area contributed by atoms with Crippen molar-refractivity contribution >= 4 is 35.6 Å². The van der Waals surface area contributed by atoms with Gasteiger partial charge in [0.05, 0.1) is 30.2 Å². The Kier molecular flexibility index (Phi) is 7.11. The van der Waals surface area contributed by atoms with Gasteiger partial charge < -0.3 is 9.47 Å². The van der Waals surface area contributed by atoms with Gasteiger partial charge in [-0.05, 0) is 35.9 Å². The van der Waals surface area contributed by atoms with Crippen molar-refractivity contribution in [2.75, 3.05) is 24.5 Å². The Balaban J connectivity index is 0.00000256. The second kappa shape index (κ2) is 9.77. The van der Waals surface area contributed by atoms with Gasteiger partial charge in [-0.3, -0.25) is 9.69 Å². The van der Waals surface area contributed by atoms with E-state index in [1.54, 1.807) is 17.3 Å². The molecule has 4 rings (SSSR count). The van der Waals surface area contributed by atoms with Crippen molar-refractivity contribution in [3.8, 4) is 6.07 Å². The first-order valence-electron chi connectivity index (χ1n) is 9.39. The second-order valence-corrected chi connectivity index (χ2v) is 7.52. The third kappa shape index (κ3) is 5.19. The molecule has 3 aromatic rings. The predicted molar refractivity (Wildman–Crippen MR) is 119 cm³/mol. The van der Waals surface area contributed by atoms with Crippen molar-refractivity contribution in [2.45, 2.75) is 13.1 Å². The summed E-state index contributed by atoms with van der Waals surface area (Å²) < 4.78 is 2.01. The van der Waals surface area contributed by atoms with Crippen molar-refractivity contribution in [2.24, 2.45) is 0 Å². The Hall–Kier alpha value is -2.85. The molecule has 1 aliphatic heterocycles. The van der Waals surface area contributed by atoms with Crippen LogP contribution >= 0.6 is 24.0 Å². The number of hydrogen-bond donors (Lipinski definition) is 0. The van der Waals surface area contributed by atoms with E-state index in [0.717, 1.165) is 23.5 Å². The molecule has 6 nitrogen and oxygen atoms in total. The van der Waals surface area contributed by atoms with Gasteiger partial charge in [0.15, 0.2) is 0 Å². The Morgan fingerprint density at radius 2 is 1.90 bits per heavy atom. The number of amides is 1. The van der Waals surface area contributed by atoms with Crippen molar-refractivity contribution in [3.05, 3.63) is 82.9 Å². The van der Waals surface area contributed by atoms with Crippen LogP contribution < -0.4 is 4.90 Å². The van der Waals surface area contributed by atoms with Crippen LogP contribution in [0.15, 0.2) is 61.1 Å². The third-order valence-corrected chi connectivity index (χ3v) is 5.18. The maximum absolute atomic E-state index is 12.6. The van der Waals surface area contributed by atoms with Crippen molar-refractivity contribution in [1.29, 1.82) is 5.26 Å². The van der Waals surface area contributed by atoms with Gasteiger partial charge in [0.2, 0.25) is 5.91 Å². The smallest absolute Gasteiger partial charge is 0.241 e. The molecule has 1 aromatic heterocycles. The molecule has 0 bridgehead atoms. The van der Waals surface area contributed by atoms with Crippen molar-refractivity contribution in [3.63, 3.8) is 0 Å². The van der Waals surface area contributed by atoms with Gasteiger partial charge >= 0.3 is 0 Å². The molecule has 1 saturated heterocycles. The Morgan fingerprint density at radius 1 is 1.10 bits per heavy atom. The lowest BCUT2D eigenvalue weighted by Crippen LogP contribution is -2.50. The number of rotatable bonds is 5. The number of carbonyl (C=O) groups is 1. The summed E-state index contributed by atoms with van der Waals surface area (Å²) >= 11 is 6.05. The van der Waals surface area contributed by atoms with E-state index in [9.17, 15) is 4.79 Å². The highest BCUT2D eigenvalue weighted by Gasteiger charge is 2.25. The first kappa shape index (κ1) is 21.8. The molecule has 1 aliphatic rings. The summed E-state index contributed by atoms with van der Waals surface area (Å²) in [5.41, 5.74) is 3.54. The lowest BCUT2D eigenvalue weighted by atomic mass is 10.1. The number of halogens is 2. The summed E-state index contributed by atoms with van der Waals surface area (Å²) in [5, 5.41) is 9.52. The molecule has 1 amide bonds. The van der Waals surface area contributed by atoms with Crippen LogP contribution in [0.25, 0.3) is 0 Å². The molecule has 2 heterocycles. The normalized spacial score (nSPS) is 14.3. The molecule has 154 valence electrons. The summed E-state index contributed by atoms with van der Waals surface area (Å²) in [7, 11) is 0. The van der Waals surface area contributed by atoms with Crippen LogP contribution in [0.2, 0.25) is 5.02 Å². The highest BCUT2D eigenvalue weighted by atomic mass is 35.5. The van der Waals surface area contributed by atoms with Crippen LogP contribution in [0.5, 0.6) is 0 Å². The quantitative estimate of drug-likeness (QED) is 0.604. The van der Waals surface area contributed by atoms with E-state index in [2.05, 4.69) is 16.0 Å². The van der Waals surface area contributed by atoms with E-state index >= 15 is 0 Å². The molecule has 0 unspecified atom stereocenters. The SMILES string of the molecule is Cl.N#Cc1ccc(Cn2cnc(CN3CCN(c4cccc(Cl)c4)C(=O)C3)c2)cc1. The number of nitriles is 1. The largest absolute Gasteiger partial charge is 0.333 e. The van der Waals surface area contributed by atoms with E-state index in [-0.39, 0.29) is 18.3 Å². The van der Waals surface area contributed by atoms with Crippen molar-refractivity contribution < 1.29 is 4.79 Å². The molecular weight excluding hydrogens is 421 g/mol. The van der Waals surface area contributed by atoms with Crippen molar-refractivity contribution in [1.82, 2.24) is 14.5 Å². The van der Waals surface area contributed by atoms with E-state index in [1.165, 1.54) is 0 Å². The molecule has 0 N–H and O–H groups in total. The molecule has 0 atom stereocenters. The monoisotopic (exact) mass is 441 g/mol. The molecule has 2 aromatic carbocycles. The molecule has 0 radical (unpaired) electrons. The van der Waals surface area contributed by atoms with Crippen LogP contribution in [0.3, 0.4) is 0 Å². The number of anilines is 1. The summed E-state index contributed by atoms with van der Waals surface area (Å²) in [6.07, 6.45) is 3.81. The third-order valence-electron chi connectivity index (χ3n) is 4.94. The van der Waals surface area contributed by atoms with Gasteiger partial charge in [0, 0.05) is 43.1 Å². The van der Waals surface area contributed by atoms with Gasteiger partial charge in [0.25, 0.3) is 0 Å². The number of carbonyl (C=O) groups excluding carboxylic acids is 1. The highest BCUT2D eigenvalue weighted by molar-refractivity contribution is 6.30. The fraction of sp³-hybridized carbons (Fsp3) is 0.227. The van der Waals surface area contributed by atoms with Gasteiger partial charge in [-0.15, -0.1) is 12.4 Å². The molecule has 30 heavy (non-hydrogen) atoms. The van der Waals surface area contributed by atoms with Crippen LogP contribution in [-0.4, -0.2) is 40.0 Å². The maximum Gasteiger partial charge on any atom is 0.241 e. The highest BCUT2D eigenvalue weighted by Crippen LogP contribution is 2.22. The molecule has 0 spiro atoms. The number of imidazole rings is 1. The fourth-order valence-electron chi connectivity index (χ4n) is 3.47. The molecule has 0 aliphatic carbocycles. The number of hydrogen-bond acceptors (Lipinski definition) is 4. The van der Waals surface area contributed by atoms with Crippen LogP contribution in [0, 0.1) is 11.3 Å². The zero-order valence-electron chi connectivity index (χ0n) is 16.2. The summed E-state index contributed by atoms with van der Waals surface area (Å²) in [5.74, 6) is 0.0653. The minimum absolute atomic E-state index is 0. The van der Waals surface area contributed by atoms with Gasteiger partial charge in [-0.25, -0.2) is 4.98 Å². The average molecular weight is 442 g/mol. The number of piperazine rings is 1. The summed E-state index contributed by atoms with van der Waals surface area (Å²) in [6, 6.07) is 17.1. The fourth-order valence-corrected chi connectivity index (χ4v) is 3.66. The van der Waals surface area contributed by atoms with Gasteiger partial charge in [0.1, 0.15) is 0 Å². The van der Waals surface area contributed by atoms with E-state index in [1.807, 2.05) is 53.2 Å². The van der Waals surface area contributed by atoms with Crippen LogP contribution in [-0.2, 0) is 17.9 Å².